The van der Waals surface area contributed by atoms with Crippen molar-refractivity contribution < 1.29 is 4.21 Å². The standard InChI is InChI=1S/C13H16Cl2N2OS/c1-8(19(3)18)7-17-12-10(15)5-4-6-11(12)16-13(17)9(2)14/h4-6,8-9H,7H2,1-3H3. The van der Waals surface area contributed by atoms with Crippen molar-refractivity contribution in [3.8, 4) is 0 Å². The first kappa shape index (κ1) is 14.8. The van der Waals surface area contributed by atoms with Crippen molar-refractivity contribution in [2.45, 2.75) is 31.0 Å². The van der Waals surface area contributed by atoms with Gasteiger partial charge in [-0.1, -0.05) is 17.7 Å². The minimum absolute atomic E-state index is 0.0165. The number of aromatic nitrogens is 2. The molecule has 0 bridgehead atoms. The highest BCUT2D eigenvalue weighted by Crippen LogP contribution is 2.29. The van der Waals surface area contributed by atoms with Gasteiger partial charge in [0.15, 0.2) is 0 Å². The van der Waals surface area contributed by atoms with E-state index in [-0.39, 0.29) is 10.6 Å². The van der Waals surface area contributed by atoms with Crippen molar-refractivity contribution >= 4 is 45.0 Å². The van der Waals surface area contributed by atoms with Crippen molar-refractivity contribution in [2.75, 3.05) is 6.26 Å². The van der Waals surface area contributed by atoms with Gasteiger partial charge in [-0.3, -0.25) is 4.21 Å². The molecule has 104 valence electrons. The molecule has 0 spiro atoms. The summed E-state index contributed by atoms with van der Waals surface area (Å²) in [4.78, 5) is 4.53. The summed E-state index contributed by atoms with van der Waals surface area (Å²) in [6.45, 7) is 4.41. The van der Waals surface area contributed by atoms with Crippen LogP contribution in [0.4, 0.5) is 0 Å². The molecule has 0 saturated heterocycles. The first-order valence-electron chi connectivity index (χ1n) is 6.02. The molecule has 0 aliphatic rings. The lowest BCUT2D eigenvalue weighted by Crippen LogP contribution is -2.19. The Morgan fingerprint density at radius 3 is 2.68 bits per heavy atom. The summed E-state index contributed by atoms with van der Waals surface area (Å²) in [6, 6.07) is 5.61. The third-order valence-corrected chi connectivity index (χ3v) is 4.89. The number of para-hydroxylation sites is 1. The molecule has 2 aromatic rings. The summed E-state index contributed by atoms with van der Waals surface area (Å²) in [5.41, 5.74) is 1.69. The molecule has 0 aliphatic carbocycles. The van der Waals surface area contributed by atoms with Crippen LogP contribution in [0.15, 0.2) is 18.2 Å². The maximum Gasteiger partial charge on any atom is 0.127 e. The highest BCUT2D eigenvalue weighted by molar-refractivity contribution is 7.84. The maximum absolute atomic E-state index is 11.6. The molecular weight excluding hydrogens is 303 g/mol. The maximum atomic E-state index is 11.6. The van der Waals surface area contributed by atoms with Crippen molar-refractivity contribution in [3.05, 3.63) is 29.0 Å². The summed E-state index contributed by atoms with van der Waals surface area (Å²) in [5, 5.41) is 0.437. The van der Waals surface area contributed by atoms with E-state index in [0.29, 0.717) is 11.6 Å². The molecular formula is C13H16Cl2N2OS. The van der Waals surface area contributed by atoms with Gasteiger partial charge in [0.1, 0.15) is 5.82 Å². The van der Waals surface area contributed by atoms with E-state index in [9.17, 15) is 4.21 Å². The van der Waals surface area contributed by atoms with Crippen LogP contribution in [0.3, 0.4) is 0 Å². The molecule has 6 heteroatoms. The van der Waals surface area contributed by atoms with Crippen molar-refractivity contribution in [3.63, 3.8) is 0 Å². The Hall–Kier alpha value is -0.580. The predicted octanol–water partition coefficient (Wildman–Crippen LogP) is 3.76. The van der Waals surface area contributed by atoms with Crippen LogP contribution in [0, 0.1) is 0 Å². The Balaban J connectivity index is 2.61. The van der Waals surface area contributed by atoms with E-state index in [1.807, 2.05) is 36.6 Å². The fourth-order valence-corrected chi connectivity index (χ4v) is 2.81. The molecule has 3 nitrogen and oxygen atoms in total. The average molecular weight is 319 g/mol. The van der Waals surface area contributed by atoms with E-state index in [2.05, 4.69) is 4.98 Å². The van der Waals surface area contributed by atoms with Crippen molar-refractivity contribution in [1.29, 1.82) is 0 Å². The van der Waals surface area contributed by atoms with Gasteiger partial charge in [-0.15, -0.1) is 11.6 Å². The molecule has 1 aromatic carbocycles. The number of hydrogen-bond acceptors (Lipinski definition) is 2. The SMILES string of the molecule is CC(Cl)c1nc2cccc(Cl)c2n1CC(C)S(C)=O. The first-order valence-corrected chi connectivity index (χ1v) is 8.46. The quantitative estimate of drug-likeness (QED) is 0.804. The van der Waals surface area contributed by atoms with Crippen LogP contribution in [0.5, 0.6) is 0 Å². The molecule has 0 N–H and O–H groups in total. The monoisotopic (exact) mass is 318 g/mol. The molecule has 2 rings (SSSR count). The first-order chi connectivity index (χ1) is 8.91. The topological polar surface area (TPSA) is 34.9 Å². The highest BCUT2D eigenvalue weighted by Gasteiger charge is 2.19. The van der Waals surface area contributed by atoms with Gasteiger partial charge in [-0.25, -0.2) is 4.98 Å². The second-order valence-corrected chi connectivity index (χ2v) is 7.48. The smallest absolute Gasteiger partial charge is 0.127 e. The number of imidazole rings is 1. The van der Waals surface area contributed by atoms with Crippen molar-refractivity contribution in [2.24, 2.45) is 0 Å². The number of halogens is 2. The van der Waals surface area contributed by atoms with Gasteiger partial charge in [0.25, 0.3) is 0 Å². The van der Waals surface area contributed by atoms with Crippen LogP contribution in [0.2, 0.25) is 5.02 Å². The molecule has 3 unspecified atom stereocenters. The van der Waals surface area contributed by atoms with E-state index < -0.39 is 10.8 Å². The van der Waals surface area contributed by atoms with Gasteiger partial charge >= 0.3 is 0 Å². The molecule has 0 saturated carbocycles. The molecule has 1 aromatic heterocycles. The lowest BCUT2D eigenvalue weighted by molar-refractivity contribution is 0.632. The molecule has 0 radical (unpaired) electrons. The summed E-state index contributed by atoms with van der Waals surface area (Å²) < 4.78 is 13.6. The zero-order chi connectivity index (χ0) is 14.2. The molecule has 3 atom stereocenters. The van der Waals surface area contributed by atoms with E-state index >= 15 is 0 Å². The second-order valence-electron chi connectivity index (χ2n) is 4.61. The highest BCUT2D eigenvalue weighted by atomic mass is 35.5. The lowest BCUT2D eigenvalue weighted by Gasteiger charge is -2.14. The molecule has 0 aliphatic heterocycles. The Morgan fingerprint density at radius 2 is 2.11 bits per heavy atom. The third-order valence-electron chi connectivity index (χ3n) is 3.11. The van der Waals surface area contributed by atoms with Gasteiger partial charge in [-0.05, 0) is 26.0 Å². The zero-order valence-corrected chi connectivity index (χ0v) is 13.4. The number of rotatable bonds is 4. The van der Waals surface area contributed by atoms with Gasteiger partial charge in [0, 0.05) is 28.9 Å². The second kappa shape index (κ2) is 5.81. The van der Waals surface area contributed by atoms with Gasteiger partial charge in [0.05, 0.1) is 21.4 Å². The van der Waals surface area contributed by atoms with Crippen LogP contribution >= 0.6 is 23.2 Å². The van der Waals surface area contributed by atoms with Gasteiger partial charge in [0.2, 0.25) is 0 Å². The molecule has 19 heavy (non-hydrogen) atoms. The predicted molar refractivity (Wildman–Crippen MR) is 82.5 cm³/mol. The zero-order valence-electron chi connectivity index (χ0n) is 11.1. The third kappa shape index (κ3) is 2.96. The summed E-state index contributed by atoms with van der Waals surface area (Å²) >= 11 is 12.5. The summed E-state index contributed by atoms with van der Waals surface area (Å²) in [7, 11) is -0.901. The number of hydrogen-bond donors (Lipinski definition) is 0. The summed E-state index contributed by atoms with van der Waals surface area (Å²) in [5.74, 6) is 0.766. The Labute approximate surface area is 125 Å². The van der Waals surface area contributed by atoms with Gasteiger partial charge < -0.3 is 4.57 Å². The fourth-order valence-electron chi connectivity index (χ4n) is 2.01. The van der Waals surface area contributed by atoms with Crippen LogP contribution < -0.4 is 0 Å². The fraction of sp³-hybridized carbons (Fsp3) is 0.462. The number of fused-ring (bicyclic) bond motifs is 1. The molecule has 0 fully saturated rings. The number of nitrogens with zero attached hydrogens (tertiary/aromatic N) is 2. The van der Waals surface area contributed by atoms with Crippen molar-refractivity contribution in [1.82, 2.24) is 9.55 Å². The van der Waals surface area contributed by atoms with Crippen LogP contribution in [-0.4, -0.2) is 25.3 Å². The minimum Gasteiger partial charge on any atom is -0.324 e. The summed E-state index contributed by atoms with van der Waals surface area (Å²) in [6.07, 6.45) is 1.70. The van der Waals surface area contributed by atoms with Gasteiger partial charge in [-0.2, -0.15) is 0 Å². The lowest BCUT2D eigenvalue weighted by atomic mass is 10.3. The van der Waals surface area contributed by atoms with Crippen LogP contribution in [-0.2, 0) is 17.3 Å². The average Bonchev–Trinajstić information content (AvgIpc) is 2.69. The molecule has 0 amide bonds. The van der Waals surface area contributed by atoms with E-state index in [4.69, 9.17) is 23.2 Å². The van der Waals surface area contributed by atoms with Crippen LogP contribution in [0.1, 0.15) is 25.0 Å². The van der Waals surface area contributed by atoms with E-state index in [1.165, 1.54) is 0 Å². The number of benzene rings is 1. The minimum atomic E-state index is -0.901. The Kier molecular flexibility index (Phi) is 4.54. The number of alkyl halides is 1. The molecule has 1 heterocycles. The van der Waals surface area contributed by atoms with E-state index in [0.717, 1.165) is 16.9 Å². The Morgan fingerprint density at radius 1 is 1.42 bits per heavy atom. The Bertz CT molecular complexity index is 624. The normalized spacial score (nSPS) is 16.5. The largest absolute Gasteiger partial charge is 0.324 e. The van der Waals surface area contributed by atoms with E-state index in [1.54, 1.807) is 6.26 Å². The van der Waals surface area contributed by atoms with Crippen LogP contribution in [0.25, 0.3) is 11.0 Å².